The fourth-order valence-electron chi connectivity index (χ4n) is 1.87. The maximum atomic E-state index is 11.9. The molecule has 2 heterocycles. The molecular weight excluding hydrogens is 226 g/mol. The van der Waals surface area contributed by atoms with E-state index in [9.17, 15) is 4.79 Å². The van der Waals surface area contributed by atoms with Gasteiger partial charge in [0.15, 0.2) is 5.13 Å². The van der Waals surface area contributed by atoms with Gasteiger partial charge in [0, 0.05) is 17.6 Å². The van der Waals surface area contributed by atoms with Crippen LogP contribution in [0, 0.1) is 6.92 Å². The Bertz CT molecular complexity index is 380. The number of thiazole rings is 1. The predicted molar refractivity (Wildman–Crippen MR) is 62.7 cm³/mol. The number of aryl methyl sites for hydroxylation is 1. The van der Waals surface area contributed by atoms with Crippen LogP contribution in [-0.2, 0) is 0 Å². The van der Waals surface area contributed by atoms with Gasteiger partial charge in [0.05, 0.1) is 12.6 Å². The zero-order valence-electron chi connectivity index (χ0n) is 9.14. The van der Waals surface area contributed by atoms with E-state index >= 15 is 0 Å². The second-order valence-electron chi connectivity index (χ2n) is 3.88. The van der Waals surface area contributed by atoms with Gasteiger partial charge < -0.3 is 10.0 Å². The highest BCUT2D eigenvalue weighted by Gasteiger charge is 2.28. The van der Waals surface area contributed by atoms with Crippen molar-refractivity contribution in [3.05, 3.63) is 11.1 Å². The fourth-order valence-corrected chi connectivity index (χ4v) is 2.52. The lowest BCUT2D eigenvalue weighted by Gasteiger charge is -2.22. The lowest BCUT2D eigenvalue weighted by molar-refractivity contribution is 0.166. The Morgan fingerprint density at radius 3 is 3.25 bits per heavy atom. The van der Waals surface area contributed by atoms with Crippen molar-refractivity contribution < 1.29 is 9.90 Å². The second kappa shape index (κ2) is 4.80. The lowest BCUT2D eigenvalue weighted by Crippen LogP contribution is -2.40. The van der Waals surface area contributed by atoms with E-state index in [0.29, 0.717) is 11.7 Å². The predicted octanol–water partition coefficient (Wildman–Crippen LogP) is 1.44. The lowest BCUT2D eigenvalue weighted by atomic mass is 10.2. The maximum absolute atomic E-state index is 11.9. The van der Waals surface area contributed by atoms with Crippen LogP contribution in [0.2, 0.25) is 0 Å². The number of nitrogens with one attached hydrogen (secondary N) is 1. The van der Waals surface area contributed by atoms with E-state index in [1.54, 1.807) is 11.1 Å². The summed E-state index contributed by atoms with van der Waals surface area (Å²) in [7, 11) is 0. The summed E-state index contributed by atoms with van der Waals surface area (Å²) in [6, 6.07) is -0.202. The number of amides is 2. The molecule has 0 aromatic carbocycles. The summed E-state index contributed by atoms with van der Waals surface area (Å²) in [6.45, 7) is 2.69. The molecule has 0 saturated carbocycles. The molecule has 1 fully saturated rings. The third kappa shape index (κ3) is 2.33. The highest BCUT2D eigenvalue weighted by molar-refractivity contribution is 7.15. The van der Waals surface area contributed by atoms with Gasteiger partial charge in [0.1, 0.15) is 0 Å². The largest absolute Gasteiger partial charge is 0.394 e. The van der Waals surface area contributed by atoms with Crippen LogP contribution in [0.15, 0.2) is 6.20 Å². The van der Waals surface area contributed by atoms with Gasteiger partial charge in [-0.3, -0.25) is 5.32 Å². The smallest absolute Gasteiger partial charge is 0.323 e. The first-order valence-corrected chi connectivity index (χ1v) is 6.13. The number of aliphatic hydroxyl groups is 1. The Hall–Kier alpha value is -1.14. The molecule has 2 N–H and O–H groups in total. The summed E-state index contributed by atoms with van der Waals surface area (Å²) < 4.78 is 0. The maximum Gasteiger partial charge on any atom is 0.323 e. The number of rotatable bonds is 2. The molecular formula is C10H15N3O2S. The molecule has 88 valence electrons. The first-order chi connectivity index (χ1) is 7.70. The van der Waals surface area contributed by atoms with Crippen molar-refractivity contribution in [3.63, 3.8) is 0 Å². The Morgan fingerprint density at radius 2 is 2.62 bits per heavy atom. The first-order valence-electron chi connectivity index (χ1n) is 5.31. The number of likely N-dealkylation sites (tertiary alicyclic amines) is 1. The molecule has 0 spiro atoms. The van der Waals surface area contributed by atoms with Crippen molar-refractivity contribution >= 4 is 22.5 Å². The Morgan fingerprint density at radius 1 is 1.81 bits per heavy atom. The molecule has 1 aliphatic heterocycles. The molecule has 1 atom stereocenters. The number of urea groups is 1. The number of hydrogen-bond acceptors (Lipinski definition) is 4. The van der Waals surface area contributed by atoms with Crippen LogP contribution in [-0.4, -0.2) is 40.2 Å². The minimum atomic E-state index is -0.161. The van der Waals surface area contributed by atoms with E-state index in [0.717, 1.165) is 17.7 Å². The highest BCUT2D eigenvalue weighted by atomic mass is 32.1. The van der Waals surface area contributed by atoms with Gasteiger partial charge in [-0.2, -0.15) is 0 Å². The van der Waals surface area contributed by atoms with Crippen LogP contribution >= 0.6 is 11.3 Å². The molecule has 16 heavy (non-hydrogen) atoms. The Labute approximate surface area is 98.1 Å². The number of aliphatic hydroxyl groups excluding tert-OH is 1. The van der Waals surface area contributed by atoms with Gasteiger partial charge in [0.2, 0.25) is 0 Å². The molecule has 6 heteroatoms. The topological polar surface area (TPSA) is 65.5 Å². The summed E-state index contributed by atoms with van der Waals surface area (Å²) >= 11 is 1.45. The molecule has 1 aromatic heterocycles. The van der Waals surface area contributed by atoms with Crippen LogP contribution in [0.25, 0.3) is 0 Å². The summed E-state index contributed by atoms with van der Waals surface area (Å²) in [5, 5.41) is 12.5. The Kier molecular flexibility index (Phi) is 3.40. The molecule has 0 bridgehead atoms. The fraction of sp³-hybridized carbons (Fsp3) is 0.600. The molecule has 0 unspecified atom stereocenters. The van der Waals surface area contributed by atoms with Gasteiger partial charge in [-0.1, -0.05) is 0 Å². The SMILES string of the molecule is Cc1cnc(NC(=O)N2CCC[C@H]2CO)s1. The number of nitrogens with zero attached hydrogens (tertiary/aromatic N) is 2. The highest BCUT2D eigenvalue weighted by Crippen LogP contribution is 2.20. The summed E-state index contributed by atoms with van der Waals surface area (Å²) in [6.07, 6.45) is 3.56. The molecule has 0 radical (unpaired) electrons. The normalized spacial score (nSPS) is 20.1. The minimum Gasteiger partial charge on any atom is -0.394 e. The second-order valence-corrected chi connectivity index (χ2v) is 5.11. The van der Waals surface area contributed by atoms with Crippen molar-refractivity contribution in [2.45, 2.75) is 25.8 Å². The van der Waals surface area contributed by atoms with E-state index in [2.05, 4.69) is 10.3 Å². The monoisotopic (exact) mass is 241 g/mol. The van der Waals surface area contributed by atoms with Gasteiger partial charge in [-0.15, -0.1) is 11.3 Å². The van der Waals surface area contributed by atoms with Crippen molar-refractivity contribution in [3.8, 4) is 0 Å². The molecule has 1 aliphatic rings. The quantitative estimate of drug-likeness (QED) is 0.823. The van der Waals surface area contributed by atoms with Crippen molar-refractivity contribution in [2.24, 2.45) is 0 Å². The summed E-state index contributed by atoms with van der Waals surface area (Å²) in [4.78, 5) is 18.7. The summed E-state index contributed by atoms with van der Waals surface area (Å²) in [5.74, 6) is 0. The first kappa shape index (κ1) is 11.3. The molecule has 2 rings (SSSR count). The average molecular weight is 241 g/mol. The van der Waals surface area contributed by atoms with Gasteiger partial charge in [-0.05, 0) is 19.8 Å². The van der Waals surface area contributed by atoms with E-state index in [4.69, 9.17) is 5.11 Å². The van der Waals surface area contributed by atoms with E-state index in [1.807, 2.05) is 6.92 Å². The van der Waals surface area contributed by atoms with Crippen molar-refractivity contribution in [1.29, 1.82) is 0 Å². The molecule has 5 nitrogen and oxygen atoms in total. The van der Waals surface area contributed by atoms with Crippen molar-refractivity contribution in [1.82, 2.24) is 9.88 Å². The molecule has 0 aliphatic carbocycles. The number of hydrogen-bond donors (Lipinski definition) is 2. The number of carbonyl (C=O) groups is 1. The van der Waals surface area contributed by atoms with E-state index in [1.165, 1.54) is 11.3 Å². The molecule has 2 amide bonds. The third-order valence-electron chi connectivity index (χ3n) is 2.68. The van der Waals surface area contributed by atoms with E-state index < -0.39 is 0 Å². The van der Waals surface area contributed by atoms with Crippen LogP contribution in [0.5, 0.6) is 0 Å². The zero-order chi connectivity index (χ0) is 11.5. The van der Waals surface area contributed by atoms with Crippen LogP contribution in [0.4, 0.5) is 9.93 Å². The van der Waals surface area contributed by atoms with Gasteiger partial charge >= 0.3 is 6.03 Å². The number of aromatic nitrogens is 1. The van der Waals surface area contributed by atoms with Crippen LogP contribution in [0.1, 0.15) is 17.7 Å². The number of carbonyl (C=O) groups excluding carboxylic acids is 1. The van der Waals surface area contributed by atoms with Gasteiger partial charge in [0.25, 0.3) is 0 Å². The minimum absolute atomic E-state index is 0.0321. The third-order valence-corrected chi connectivity index (χ3v) is 3.51. The molecule has 1 aromatic rings. The van der Waals surface area contributed by atoms with Crippen molar-refractivity contribution in [2.75, 3.05) is 18.5 Å². The zero-order valence-corrected chi connectivity index (χ0v) is 9.96. The molecule has 1 saturated heterocycles. The number of anilines is 1. The van der Waals surface area contributed by atoms with Crippen LogP contribution in [0.3, 0.4) is 0 Å². The Balaban J connectivity index is 1.97. The standard InChI is InChI=1S/C10H15N3O2S/c1-7-5-11-9(16-7)12-10(15)13-4-2-3-8(13)6-14/h5,8,14H,2-4,6H2,1H3,(H,11,12,15)/t8-/m0/s1. The average Bonchev–Trinajstić information content (AvgIpc) is 2.86. The summed E-state index contributed by atoms with van der Waals surface area (Å²) in [5.41, 5.74) is 0. The van der Waals surface area contributed by atoms with Crippen LogP contribution < -0.4 is 5.32 Å². The van der Waals surface area contributed by atoms with Gasteiger partial charge in [-0.25, -0.2) is 9.78 Å². The van der Waals surface area contributed by atoms with E-state index in [-0.39, 0.29) is 18.7 Å².